The van der Waals surface area contributed by atoms with Crippen molar-refractivity contribution in [2.45, 2.75) is 309 Å². The van der Waals surface area contributed by atoms with Crippen LogP contribution < -0.4 is 0 Å². The number of carbonyl (C=O) groups is 3. The largest absolute Gasteiger partial charge is 0.462 e. The topological polar surface area (TPSA) is 78.9 Å². The second-order valence-corrected chi connectivity index (χ2v) is 19.5. The van der Waals surface area contributed by atoms with E-state index in [1.165, 1.54) is 180 Å². The van der Waals surface area contributed by atoms with E-state index in [4.69, 9.17) is 14.2 Å². The number of hydrogen-bond acceptors (Lipinski definition) is 6. The molecule has 0 aliphatic heterocycles. The molecule has 0 saturated carbocycles. The minimum atomic E-state index is -0.782. The van der Waals surface area contributed by atoms with Crippen LogP contribution in [0.4, 0.5) is 0 Å². The summed E-state index contributed by atoms with van der Waals surface area (Å²) in [5.41, 5.74) is 0. The van der Waals surface area contributed by atoms with Crippen LogP contribution in [0.15, 0.2) is 48.6 Å². The van der Waals surface area contributed by atoms with Crippen molar-refractivity contribution in [1.29, 1.82) is 0 Å². The van der Waals surface area contributed by atoms with E-state index < -0.39 is 6.10 Å². The molecule has 0 aliphatic carbocycles. The van der Waals surface area contributed by atoms with Gasteiger partial charge in [0, 0.05) is 19.3 Å². The zero-order chi connectivity index (χ0) is 48.6. The molecule has 0 heterocycles. The maximum atomic E-state index is 12.8. The van der Waals surface area contributed by atoms with Crippen molar-refractivity contribution in [3.8, 4) is 0 Å². The Morgan fingerprint density at radius 3 is 0.866 bits per heavy atom. The second kappa shape index (κ2) is 56.0. The molecular formula is C61H110O6. The average molecular weight is 940 g/mol. The minimum absolute atomic E-state index is 0.0798. The van der Waals surface area contributed by atoms with Crippen molar-refractivity contribution in [2.75, 3.05) is 13.2 Å². The van der Waals surface area contributed by atoms with Gasteiger partial charge in [-0.2, -0.15) is 0 Å². The van der Waals surface area contributed by atoms with Gasteiger partial charge in [0.15, 0.2) is 6.10 Å². The van der Waals surface area contributed by atoms with Gasteiger partial charge in [-0.15, -0.1) is 0 Å². The van der Waals surface area contributed by atoms with E-state index in [9.17, 15) is 14.4 Å². The Morgan fingerprint density at radius 2 is 0.537 bits per heavy atom. The molecule has 0 amide bonds. The number of allylic oxidation sites excluding steroid dienone is 8. The van der Waals surface area contributed by atoms with Crippen LogP contribution in [0.3, 0.4) is 0 Å². The molecule has 0 unspecified atom stereocenters. The van der Waals surface area contributed by atoms with Gasteiger partial charge in [-0.1, -0.05) is 230 Å². The smallest absolute Gasteiger partial charge is 0.306 e. The van der Waals surface area contributed by atoms with Gasteiger partial charge < -0.3 is 14.2 Å². The lowest BCUT2D eigenvalue weighted by molar-refractivity contribution is -0.167. The Bertz CT molecular complexity index is 1170. The number of hydrogen-bond donors (Lipinski definition) is 0. The number of ether oxygens (including phenoxy) is 3. The number of carbonyl (C=O) groups excluding carboxylic acids is 3. The van der Waals surface area contributed by atoms with Crippen LogP contribution in [-0.2, 0) is 28.6 Å². The highest BCUT2D eigenvalue weighted by Crippen LogP contribution is 2.15. The van der Waals surface area contributed by atoms with Crippen LogP contribution in [-0.4, -0.2) is 37.2 Å². The van der Waals surface area contributed by atoms with E-state index >= 15 is 0 Å². The summed E-state index contributed by atoms with van der Waals surface area (Å²) in [4.78, 5) is 38.2. The molecule has 0 rings (SSSR count). The van der Waals surface area contributed by atoms with Crippen LogP contribution >= 0.6 is 0 Å². The predicted octanol–water partition coefficient (Wildman–Crippen LogP) is 19.4. The lowest BCUT2D eigenvalue weighted by atomic mass is 10.1. The first kappa shape index (κ1) is 64.4. The van der Waals surface area contributed by atoms with E-state index in [0.29, 0.717) is 19.3 Å². The van der Waals surface area contributed by atoms with E-state index in [1.54, 1.807) is 0 Å². The van der Waals surface area contributed by atoms with Crippen molar-refractivity contribution in [1.82, 2.24) is 0 Å². The number of rotatable bonds is 53. The quantitative estimate of drug-likeness (QED) is 0.0262. The van der Waals surface area contributed by atoms with Crippen molar-refractivity contribution in [3.63, 3.8) is 0 Å². The summed E-state index contributed by atoms with van der Waals surface area (Å²) in [6.07, 6.45) is 68.1. The summed E-state index contributed by atoms with van der Waals surface area (Å²) < 4.78 is 16.9. The SMILES string of the molecule is CCCCC/C=C\C/C=C\CCCCCCCCCCCC(=O)OC[C@@H](COC(=O)CCCCCCC/C=C\CCCCCCC)OC(=O)CCCCCCC/C=C\CCCCCCCCC. The fraction of sp³-hybridized carbons (Fsp3) is 0.820. The zero-order valence-electron chi connectivity index (χ0n) is 44.7. The molecule has 1 atom stereocenters. The van der Waals surface area contributed by atoms with E-state index in [-0.39, 0.29) is 31.1 Å². The lowest BCUT2D eigenvalue weighted by Gasteiger charge is -2.18. The number of unbranched alkanes of at least 4 members (excludes halogenated alkanes) is 34. The van der Waals surface area contributed by atoms with Gasteiger partial charge in [0.2, 0.25) is 0 Å². The Labute approximate surface area is 416 Å². The second-order valence-electron chi connectivity index (χ2n) is 19.5. The molecule has 67 heavy (non-hydrogen) atoms. The minimum Gasteiger partial charge on any atom is -0.462 e. The summed E-state index contributed by atoms with van der Waals surface area (Å²) in [6.45, 7) is 6.62. The predicted molar refractivity (Wildman–Crippen MR) is 289 cm³/mol. The maximum Gasteiger partial charge on any atom is 0.306 e. The standard InChI is InChI=1S/C61H110O6/c1-4-7-10-13-16-19-22-25-28-30-31-32-34-36-39-42-45-48-51-54-60(63)66-57-58(56-65-59(62)53-50-47-44-41-38-35-27-24-21-18-15-12-9-6-3)67-61(64)55-52-49-46-43-40-37-33-29-26-23-20-17-14-11-8-5-2/h16,19,24-25,27-29,33,58H,4-15,17-18,20-23,26,30-32,34-57H2,1-3H3/b19-16-,27-24-,28-25-,33-29-/t58-/m1/s1. The van der Waals surface area contributed by atoms with Crippen LogP contribution in [0.25, 0.3) is 0 Å². The fourth-order valence-corrected chi connectivity index (χ4v) is 8.35. The van der Waals surface area contributed by atoms with Gasteiger partial charge in [-0.3, -0.25) is 14.4 Å². The molecule has 0 aromatic heterocycles. The monoisotopic (exact) mass is 939 g/mol. The third kappa shape index (κ3) is 54.2. The third-order valence-corrected chi connectivity index (χ3v) is 12.8. The van der Waals surface area contributed by atoms with Crippen LogP contribution in [0.1, 0.15) is 303 Å². The Kier molecular flexibility index (Phi) is 53.8. The van der Waals surface area contributed by atoms with Gasteiger partial charge in [-0.25, -0.2) is 0 Å². The molecule has 0 aromatic rings. The molecule has 0 radical (unpaired) electrons. The van der Waals surface area contributed by atoms with Crippen LogP contribution in [0.2, 0.25) is 0 Å². The molecule has 0 aromatic carbocycles. The van der Waals surface area contributed by atoms with Crippen molar-refractivity contribution >= 4 is 17.9 Å². The van der Waals surface area contributed by atoms with Gasteiger partial charge >= 0.3 is 17.9 Å². The molecule has 390 valence electrons. The van der Waals surface area contributed by atoms with Crippen LogP contribution in [0, 0.1) is 0 Å². The first-order chi connectivity index (χ1) is 33.0. The van der Waals surface area contributed by atoms with Crippen molar-refractivity contribution in [2.24, 2.45) is 0 Å². The van der Waals surface area contributed by atoms with E-state index in [0.717, 1.165) is 83.5 Å². The van der Waals surface area contributed by atoms with Gasteiger partial charge in [0.25, 0.3) is 0 Å². The summed E-state index contributed by atoms with van der Waals surface area (Å²) in [5, 5.41) is 0. The molecular weight excluding hydrogens is 829 g/mol. The molecule has 0 fully saturated rings. The highest BCUT2D eigenvalue weighted by Gasteiger charge is 2.19. The molecule has 0 aliphatic rings. The summed E-state index contributed by atoms with van der Waals surface area (Å²) >= 11 is 0. The highest BCUT2D eigenvalue weighted by atomic mass is 16.6. The molecule has 0 spiro atoms. The molecule has 0 bridgehead atoms. The lowest BCUT2D eigenvalue weighted by Crippen LogP contribution is -2.30. The van der Waals surface area contributed by atoms with Gasteiger partial charge in [0.1, 0.15) is 13.2 Å². The molecule has 0 saturated heterocycles. The van der Waals surface area contributed by atoms with Crippen LogP contribution in [0.5, 0.6) is 0 Å². The fourth-order valence-electron chi connectivity index (χ4n) is 8.35. The molecule has 0 N–H and O–H groups in total. The summed E-state index contributed by atoms with van der Waals surface area (Å²) in [7, 11) is 0. The van der Waals surface area contributed by atoms with Crippen molar-refractivity contribution < 1.29 is 28.6 Å². The first-order valence-electron chi connectivity index (χ1n) is 29.1. The van der Waals surface area contributed by atoms with Gasteiger partial charge in [0.05, 0.1) is 0 Å². The highest BCUT2D eigenvalue weighted by molar-refractivity contribution is 5.71. The Morgan fingerprint density at radius 1 is 0.299 bits per heavy atom. The van der Waals surface area contributed by atoms with Gasteiger partial charge in [-0.05, 0) is 103 Å². The third-order valence-electron chi connectivity index (χ3n) is 12.8. The van der Waals surface area contributed by atoms with Crippen molar-refractivity contribution in [3.05, 3.63) is 48.6 Å². The normalized spacial score (nSPS) is 12.3. The zero-order valence-corrected chi connectivity index (χ0v) is 44.7. The first-order valence-corrected chi connectivity index (χ1v) is 29.1. The van der Waals surface area contributed by atoms with E-state index in [2.05, 4.69) is 69.4 Å². The maximum absolute atomic E-state index is 12.8. The molecule has 6 nitrogen and oxygen atoms in total. The summed E-state index contributed by atoms with van der Waals surface area (Å²) in [5.74, 6) is -0.888. The summed E-state index contributed by atoms with van der Waals surface area (Å²) in [6, 6.07) is 0. The Hall–Kier alpha value is -2.63. The molecule has 6 heteroatoms. The average Bonchev–Trinajstić information content (AvgIpc) is 3.33. The van der Waals surface area contributed by atoms with E-state index in [1.807, 2.05) is 0 Å². The number of esters is 3. The Balaban J connectivity index is 4.37.